The van der Waals surface area contributed by atoms with Gasteiger partial charge in [0.25, 0.3) is 0 Å². The zero-order chi connectivity index (χ0) is 19.5. The second-order valence-corrected chi connectivity index (χ2v) is 6.98. The summed E-state index contributed by atoms with van der Waals surface area (Å²) in [6.45, 7) is -0.231. The van der Waals surface area contributed by atoms with Crippen molar-refractivity contribution in [3.63, 3.8) is 0 Å². The molecule has 0 aliphatic heterocycles. The number of halogens is 3. The molecule has 0 aliphatic carbocycles. The number of hydrogen-bond donors (Lipinski definition) is 3. The van der Waals surface area contributed by atoms with Gasteiger partial charge in [-0.3, -0.25) is 0 Å². The van der Waals surface area contributed by atoms with Crippen LogP contribution in [0.3, 0.4) is 0 Å². The van der Waals surface area contributed by atoms with Gasteiger partial charge in [0.05, 0.1) is 23.7 Å². The lowest BCUT2D eigenvalue weighted by Crippen LogP contribution is -2.18. The molecule has 0 spiro atoms. The Morgan fingerprint density at radius 1 is 1.23 bits per heavy atom. The van der Waals surface area contributed by atoms with E-state index in [9.17, 15) is 26.7 Å². The van der Waals surface area contributed by atoms with Crippen LogP contribution in [0.25, 0.3) is 0 Å². The first-order valence-corrected chi connectivity index (χ1v) is 8.87. The van der Waals surface area contributed by atoms with Gasteiger partial charge in [0.15, 0.2) is 0 Å². The first-order valence-electron chi connectivity index (χ1n) is 7.32. The van der Waals surface area contributed by atoms with Crippen LogP contribution in [0.2, 0.25) is 0 Å². The van der Waals surface area contributed by atoms with E-state index < -0.39 is 32.8 Å². The van der Waals surface area contributed by atoms with Crippen molar-refractivity contribution in [1.29, 1.82) is 0 Å². The summed E-state index contributed by atoms with van der Waals surface area (Å²) in [5, 5.41) is 17.5. The number of alkyl halides is 3. The maximum atomic E-state index is 13.2. The van der Waals surface area contributed by atoms with E-state index in [0.717, 1.165) is 12.1 Å². The molecule has 2 aromatic rings. The number of aliphatic hydroxyl groups excluding tert-OH is 1. The van der Waals surface area contributed by atoms with Crippen LogP contribution < -0.4 is 15.2 Å². The first kappa shape index (κ1) is 20.0. The fourth-order valence-corrected chi connectivity index (χ4v) is 2.80. The number of ether oxygens (including phenoxy) is 1. The fourth-order valence-electron chi connectivity index (χ4n) is 2.26. The highest BCUT2D eigenvalue weighted by atomic mass is 32.2. The normalized spacial score (nSPS) is 13.3. The van der Waals surface area contributed by atoms with Crippen LogP contribution in [0.1, 0.15) is 17.2 Å². The molecule has 6 nitrogen and oxygen atoms in total. The Hall–Kier alpha value is -2.30. The Bertz CT molecular complexity index is 885. The smallest absolute Gasteiger partial charge is 0.418 e. The Balaban J connectivity index is 2.25. The van der Waals surface area contributed by atoms with Gasteiger partial charge in [-0.25, -0.2) is 13.6 Å². The molecule has 0 heterocycles. The Morgan fingerprint density at radius 2 is 1.92 bits per heavy atom. The minimum Gasteiger partial charge on any atom is -0.497 e. The van der Waals surface area contributed by atoms with E-state index >= 15 is 0 Å². The largest absolute Gasteiger partial charge is 0.497 e. The number of sulfonamides is 1. The van der Waals surface area contributed by atoms with Gasteiger partial charge in [-0.1, -0.05) is 12.1 Å². The molecule has 1 unspecified atom stereocenters. The van der Waals surface area contributed by atoms with Gasteiger partial charge in [0.2, 0.25) is 10.0 Å². The molecule has 0 aliphatic rings. The van der Waals surface area contributed by atoms with E-state index in [1.54, 1.807) is 24.3 Å². The van der Waals surface area contributed by atoms with Crippen LogP contribution in [-0.4, -0.2) is 27.2 Å². The number of aliphatic hydroxyl groups is 1. The number of benzene rings is 2. The summed E-state index contributed by atoms with van der Waals surface area (Å²) >= 11 is 0. The van der Waals surface area contributed by atoms with Crippen LogP contribution in [0.5, 0.6) is 5.75 Å². The average molecular weight is 390 g/mol. The third kappa shape index (κ3) is 4.87. The third-order valence-corrected chi connectivity index (χ3v) is 4.50. The van der Waals surface area contributed by atoms with E-state index in [-0.39, 0.29) is 12.2 Å². The second-order valence-electron chi connectivity index (χ2n) is 5.42. The number of methoxy groups -OCH3 is 1. The molecule has 0 saturated carbocycles. The van der Waals surface area contributed by atoms with E-state index in [4.69, 9.17) is 9.88 Å². The quantitative estimate of drug-likeness (QED) is 0.704. The van der Waals surface area contributed by atoms with Gasteiger partial charge >= 0.3 is 6.18 Å². The predicted octanol–water partition coefficient (Wildman–Crippen LogP) is 2.51. The fraction of sp³-hybridized carbons (Fsp3) is 0.250. The maximum absolute atomic E-state index is 13.2. The van der Waals surface area contributed by atoms with E-state index in [1.165, 1.54) is 7.11 Å². The molecule has 2 aromatic carbocycles. The predicted molar refractivity (Wildman–Crippen MR) is 89.3 cm³/mol. The van der Waals surface area contributed by atoms with Crippen LogP contribution in [0.4, 0.5) is 18.9 Å². The number of nitrogens with two attached hydrogens (primary N) is 1. The van der Waals surface area contributed by atoms with Crippen LogP contribution in [0.15, 0.2) is 47.4 Å². The zero-order valence-electron chi connectivity index (χ0n) is 13.6. The molecular formula is C16H17F3N2O4S. The first-order chi connectivity index (χ1) is 12.0. The van der Waals surface area contributed by atoms with Crippen molar-refractivity contribution in [2.24, 2.45) is 5.14 Å². The lowest BCUT2D eigenvalue weighted by atomic mass is 10.1. The van der Waals surface area contributed by atoms with Crippen LogP contribution in [-0.2, 0) is 16.2 Å². The molecule has 2 rings (SSSR count). The Labute approximate surface area is 148 Å². The molecule has 142 valence electrons. The molecule has 0 radical (unpaired) electrons. The lowest BCUT2D eigenvalue weighted by Gasteiger charge is -2.18. The molecule has 4 N–H and O–H groups in total. The van der Waals surface area contributed by atoms with Crippen LogP contribution in [0, 0.1) is 0 Å². The van der Waals surface area contributed by atoms with Gasteiger partial charge in [-0.05, 0) is 35.9 Å². The van der Waals surface area contributed by atoms with Crippen molar-refractivity contribution in [1.82, 2.24) is 0 Å². The summed E-state index contributed by atoms with van der Waals surface area (Å²) in [4.78, 5) is -0.649. The molecular weight excluding hydrogens is 373 g/mol. The van der Waals surface area contributed by atoms with Gasteiger partial charge in [0, 0.05) is 12.2 Å². The van der Waals surface area contributed by atoms with Crippen LogP contribution >= 0.6 is 0 Å². The van der Waals surface area contributed by atoms with E-state index in [0.29, 0.717) is 17.4 Å². The molecule has 0 bridgehead atoms. The number of anilines is 1. The lowest BCUT2D eigenvalue weighted by molar-refractivity contribution is -0.137. The number of rotatable bonds is 6. The topological polar surface area (TPSA) is 102 Å². The summed E-state index contributed by atoms with van der Waals surface area (Å²) < 4.78 is 67.2. The highest BCUT2D eigenvalue weighted by Gasteiger charge is 2.34. The maximum Gasteiger partial charge on any atom is 0.418 e. The molecule has 0 aromatic heterocycles. The van der Waals surface area contributed by atoms with Crippen molar-refractivity contribution in [3.05, 3.63) is 53.6 Å². The number of primary sulfonamides is 1. The van der Waals surface area contributed by atoms with Crippen molar-refractivity contribution in [3.8, 4) is 5.75 Å². The molecule has 26 heavy (non-hydrogen) atoms. The summed E-state index contributed by atoms with van der Waals surface area (Å²) in [5.41, 5.74) is -1.11. The summed E-state index contributed by atoms with van der Waals surface area (Å²) in [6.07, 6.45) is -5.91. The Morgan fingerprint density at radius 3 is 2.50 bits per heavy atom. The van der Waals surface area contributed by atoms with Crippen molar-refractivity contribution < 1.29 is 31.4 Å². The summed E-state index contributed by atoms with van der Waals surface area (Å²) in [7, 11) is -2.82. The summed E-state index contributed by atoms with van der Waals surface area (Å²) in [6, 6.07) is 8.84. The standard InChI is InChI=1S/C16H17F3N2O4S/c1-25-11-4-2-3-10(7-11)15(22)9-21-14-6-5-12(26(20,23)24)8-13(14)16(17,18)19/h2-8,15,21-22H,9H2,1H3,(H2,20,23,24). The molecule has 1 atom stereocenters. The van der Waals surface area contributed by atoms with Gasteiger partial charge in [-0.15, -0.1) is 0 Å². The minimum absolute atomic E-state index is 0.231. The van der Waals surface area contributed by atoms with Gasteiger partial charge in [-0.2, -0.15) is 13.2 Å². The van der Waals surface area contributed by atoms with Gasteiger partial charge in [0.1, 0.15) is 5.75 Å². The minimum atomic E-state index is -4.80. The van der Waals surface area contributed by atoms with E-state index in [2.05, 4.69) is 5.32 Å². The second kappa shape index (κ2) is 7.52. The molecule has 0 saturated heterocycles. The van der Waals surface area contributed by atoms with Crippen molar-refractivity contribution >= 4 is 15.7 Å². The highest BCUT2D eigenvalue weighted by molar-refractivity contribution is 7.89. The molecule has 0 fully saturated rings. The average Bonchev–Trinajstić information content (AvgIpc) is 2.57. The molecule has 0 amide bonds. The molecule has 10 heteroatoms. The SMILES string of the molecule is COc1cccc(C(O)CNc2ccc(S(N)(=O)=O)cc2C(F)(F)F)c1. The third-order valence-electron chi connectivity index (χ3n) is 3.59. The summed E-state index contributed by atoms with van der Waals surface area (Å²) in [5.74, 6) is 0.495. The monoisotopic (exact) mass is 390 g/mol. The highest BCUT2D eigenvalue weighted by Crippen LogP contribution is 2.36. The number of nitrogens with one attached hydrogen (secondary N) is 1. The van der Waals surface area contributed by atoms with Gasteiger partial charge < -0.3 is 15.2 Å². The zero-order valence-corrected chi connectivity index (χ0v) is 14.4. The van der Waals surface area contributed by atoms with Crippen molar-refractivity contribution in [2.75, 3.05) is 19.0 Å². The van der Waals surface area contributed by atoms with E-state index in [1.807, 2.05) is 0 Å². The Kier molecular flexibility index (Phi) is 5.79. The number of hydrogen-bond acceptors (Lipinski definition) is 5. The van der Waals surface area contributed by atoms with Crippen molar-refractivity contribution in [2.45, 2.75) is 17.2 Å².